The molecule has 1 amide bonds. The largest absolute Gasteiger partial charge is 0.488 e. The number of amides is 1. The van der Waals surface area contributed by atoms with Crippen LogP contribution in [0.5, 0.6) is 5.75 Å². The fourth-order valence-electron chi connectivity index (χ4n) is 3.61. The summed E-state index contributed by atoms with van der Waals surface area (Å²) >= 11 is 0. The van der Waals surface area contributed by atoms with E-state index >= 15 is 0 Å². The number of ether oxygens (including phenoxy) is 2. The van der Waals surface area contributed by atoms with E-state index in [-0.39, 0.29) is 18.6 Å². The Balaban J connectivity index is 1.64. The molecular weight excluding hydrogens is 342 g/mol. The SMILES string of the molecule is CCCC[C@@H](OC(=O)C1=Cc2ccccc2OC1)C(=O)NC1CCCCC1. The number of para-hydroxylation sites is 1. The predicted octanol–water partition coefficient (Wildman–Crippen LogP) is 4.01. The lowest BCUT2D eigenvalue weighted by Crippen LogP contribution is -2.44. The van der Waals surface area contributed by atoms with Crippen LogP contribution in [0, 0.1) is 0 Å². The van der Waals surface area contributed by atoms with Gasteiger partial charge < -0.3 is 14.8 Å². The average molecular weight is 371 g/mol. The molecule has 2 aliphatic rings. The summed E-state index contributed by atoms with van der Waals surface area (Å²) in [5, 5.41) is 3.08. The number of hydrogen-bond acceptors (Lipinski definition) is 4. The second kappa shape index (κ2) is 9.58. The quantitative estimate of drug-likeness (QED) is 0.736. The molecule has 0 unspecified atom stereocenters. The van der Waals surface area contributed by atoms with Crippen LogP contribution in [0.2, 0.25) is 0 Å². The van der Waals surface area contributed by atoms with Crippen LogP contribution >= 0.6 is 0 Å². The third-order valence-corrected chi connectivity index (χ3v) is 5.21. The van der Waals surface area contributed by atoms with Crippen molar-refractivity contribution in [2.45, 2.75) is 70.4 Å². The molecular formula is C22H29NO4. The standard InChI is InChI=1S/C22H29NO4/c1-2-3-12-20(21(24)23-18-10-5-4-6-11-18)27-22(25)17-14-16-9-7-8-13-19(16)26-15-17/h7-9,13-14,18,20H,2-6,10-12,15H2,1H3,(H,23,24)/t20-/m1/s1. The van der Waals surface area contributed by atoms with E-state index in [2.05, 4.69) is 12.2 Å². The van der Waals surface area contributed by atoms with Gasteiger partial charge in [-0.3, -0.25) is 4.79 Å². The zero-order valence-corrected chi connectivity index (χ0v) is 16.0. The molecule has 1 aromatic rings. The lowest BCUT2D eigenvalue weighted by molar-refractivity contribution is -0.153. The molecule has 1 heterocycles. The molecule has 1 atom stereocenters. The number of unbranched alkanes of at least 4 members (excludes halogenated alkanes) is 1. The van der Waals surface area contributed by atoms with Crippen molar-refractivity contribution in [2.75, 3.05) is 6.61 Å². The molecule has 1 saturated carbocycles. The van der Waals surface area contributed by atoms with Gasteiger partial charge in [-0.25, -0.2) is 4.79 Å². The van der Waals surface area contributed by atoms with Crippen LogP contribution in [0.25, 0.3) is 6.08 Å². The van der Waals surface area contributed by atoms with Crippen molar-refractivity contribution in [3.8, 4) is 5.75 Å². The molecule has 0 radical (unpaired) electrons. The summed E-state index contributed by atoms with van der Waals surface area (Å²) in [5.74, 6) is 0.123. The molecule has 0 aromatic heterocycles. The Morgan fingerprint density at radius 1 is 1.22 bits per heavy atom. The molecule has 146 valence electrons. The number of carbonyl (C=O) groups excluding carboxylic acids is 2. The average Bonchev–Trinajstić information content (AvgIpc) is 2.71. The van der Waals surface area contributed by atoms with Gasteiger partial charge in [0.05, 0.1) is 5.57 Å². The van der Waals surface area contributed by atoms with Gasteiger partial charge in [-0.15, -0.1) is 0 Å². The third kappa shape index (κ3) is 5.34. The summed E-state index contributed by atoms with van der Waals surface area (Å²) < 4.78 is 11.2. The number of fused-ring (bicyclic) bond motifs is 1. The lowest BCUT2D eigenvalue weighted by atomic mass is 9.95. The van der Waals surface area contributed by atoms with Crippen LogP contribution in [0.1, 0.15) is 63.9 Å². The van der Waals surface area contributed by atoms with Crippen molar-refractivity contribution >= 4 is 18.0 Å². The highest BCUT2D eigenvalue weighted by Crippen LogP contribution is 2.26. The highest BCUT2D eigenvalue weighted by molar-refractivity contribution is 5.97. The number of nitrogens with one attached hydrogen (secondary N) is 1. The van der Waals surface area contributed by atoms with E-state index < -0.39 is 12.1 Å². The molecule has 0 saturated heterocycles. The summed E-state index contributed by atoms with van der Waals surface area (Å²) in [4.78, 5) is 25.3. The van der Waals surface area contributed by atoms with E-state index in [1.54, 1.807) is 6.08 Å². The summed E-state index contributed by atoms with van der Waals surface area (Å²) in [5.41, 5.74) is 1.30. The minimum atomic E-state index is -0.738. The van der Waals surface area contributed by atoms with Crippen molar-refractivity contribution < 1.29 is 19.1 Å². The zero-order valence-electron chi connectivity index (χ0n) is 16.0. The Bertz CT molecular complexity index is 691. The topological polar surface area (TPSA) is 64.6 Å². The first kappa shape index (κ1) is 19.5. The molecule has 1 aliphatic heterocycles. The molecule has 1 N–H and O–H groups in total. The van der Waals surface area contributed by atoms with Crippen molar-refractivity contribution in [3.05, 3.63) is 35.4 Å². The van der Waals surface area contributed by atoms with Gasteiger partial charge in [-0.1, -0.05) is 50.8 Å². The van der Waals surface area contributed by atoms with E-state index in [0.717, 1.165) is 49.8 Å². The van der Waals surface area contributed by atoms with Gasteiger partial charge in [0.25, 0.3) is 5.91 Å². The van der Waals surface area contributed by atoms with Crippen LogP contribution in [0.3, 0.4) is 0 Å². The first-order valence-corrected chi connectivity index (χ1v) is 10.1. The van der Waals surface area contributed by atoms with Crippen LogP contribution in [-0.4, -0.2) is 30.6 Å². The number of benzene rings is 1. The van der Waals surface area contributed by atoms with Crippen molar-refractivity contribution in [3.63, 3.8) is 0 Å². The fourth-order valence-corrected chi connectivity index (χ4v) is 3.61. The third-order valence-electron chi connectivity index (χ3n) is 5.21. The molecule has 0 bridgehead atoms. The van der Waals surface area contributed by atoms with Crippen LogP contribution in [0.4, 0.5) is 0 Å². The summed E-state index contributed by atoms with van der Waals surface area (Å²) in [6.45, 7) is 2.23. The van der Waals surface area contributed by atoms with Gasteiger partial charge in [0.2, 0.25) is 0 Å². The highest BCUT2D eigenvalue weighted by atomic mass is 16.6. The first-order valence-electron chi connectivity index (χ1n) is 10.1. The van der Waals surface area contributed by atoms with Crippen molar-refractivity contribution in [1.29, 1.82) is 0 Å². The predicted molar refractivity (Wildman–Crippen MR) is 104 cm³/mol. The van der Waals surface area contributed by atoms with Crippen molar-refractivity contribution in [2.24, 2.45) is 0 Å². The van der Waals surface area contributed by atoms with Gasteiger partial charge in [0.15, 0.2) is 6.10 Å². The first-order chi connectivity index (χ1) is 13.2. The van der Waals surface area contributed by atoms with Crippen LogP contribution in [0.15, 0.2) is 29.8 Å². The van der Waals surface area contributed by atoms with Gasteiger partial charge in [0.1, 0.15) is 12.4 Å². The number of rotatable bonds is 7. The van der Waals surface area contributed by atoms with Crippen molar-refractivity contribution in [1.82, 2.24) is 5.32 Å². The molecule has 27 heavy (non-hydrogen) atoms. The zero-order chi connectivity index (χ0) is 19.1. The summed E-state index contributed by atoms with van der Waals surface area (Å²) in [6.07, 6.45) is 8.93. The Morgan fingerprint density at radius 3 is 2.78 bits per heavy atom. The lowest BCUT2D eigenvalue weighted by Gasteiger charge is -2.26. The second-order valence-electron chi connectivity index (χ2n) is 7.38. The van der Waals surface area contributed by atoms with Gasteiger partial charge in [0, 0.05) is 11.6 Å². The van der Waals surface area contributed by atoms with E-state index in [9.17, 15) is 9.59 Å². The Morgan fingerprint density at radius 2 is 2.00 bits per heavy atom. The molecule has 1 fully saturated rings. The van der Waals surface area contributed by atoms with Gasteiger partial charge in [-0.05, 0) is 37.8 Å². The molecule has 1 aromatic carbocycles. The van der Waals surface area contributed by atoms with Gasteiger partial charge in [-0.2, -0.15) is 0 Å². The molecule has 5 nitrogen and oxygen atoms in total. The normalized spacial score (nSPS) is 17.9. The maximum atomic E-state index is 12.7. The van der Waals surface area contributed by atoms with E-state index in [4.69, 9.17) is 9.47 Å². The Hall–Kier alpha value is -2.30. The van der Waals surface area contributed by atoms with E-state index in [1.165, 1.54) is 6.42 Å². The van der Waals surface area contributed by atoms with E-state index in [0.29, 0.717) is 12.0 Å². The van der Waals surface area contributed by atoms with Gasteiger partial charge >= 0.3 is 5.97 Å². The summed E-state index contributed by atoms with van der Waals surface area (Å²) in [7, 11) is 0. The molecule has 5 heteroatoms. The minimum absolute atomic E-state index is 0.165. The molecule has 1 aliphatic carbocycles. The maximum Gasteiger partial charge on any atom is 0.338 e. The minimum Gasteiger partial charge on any atom is -0.488 e. The second-order valence-corrected chi connectivity index (χ2v) is 7.38. The molecule has 3 rings (SSSR count). The maximum absolute atomic E-state index is 12.7. The monoisotopic (exact) mass is 371 g/mol. The Kier molecular flexibility index (Phi) is 6.91. The van der Waals surface area contributed by atoms with Crippen LogP contribution in [-0.2, 0) is 14.3 Å². The summed E-state index contributed by atoms with van der Waals surface area (Å²) in [6, 6.07) is 7.76. The highest BCUT2D eigenvalue weighted by Gasteiger charge is 2.28. The van der Waals surface area contributed by atoms with E-state index in [1.807, 2.05) is 24.3 Å². The Labute approximate surface area is 161 Å². The number of esters is 1. The fraction of sp³-hybridized carbons (Fsp3) is 0.545. The number of carbonyl (C=O) groups is 2. The number of hydrogen-bond donors (Lipinski definition) is 1. The molecule has 0 spiro atoms. The smallest absolute Gasteiger partial charge is 0.338 e. The van der Waals surface area contributed by atoms with Crippen LogP contribution < -0.4 is 10.1 Å².